The summed E-state index contributed by atoms with van der Waals surface area (Å²) in [4.78, 5) is 23.9. The summed E-state index contributed by atoms with van der Waals surface area (Å²) in [7, 11) is 0. The van der Waals surface area contributed by atoms with Crippen LogP contribution < -0.4 is 10.6 Å². The Morgan fingerprint density at radius 3 is 2.86 bits per heavy atom. The second-order valence-corrected chi connectivity index (χ2v) is 5.63. The number of rotatable bonds is 6. The number of aliphatic hydroxyl groups is 1. The van der Waals surface area contributed by atoms with E-state index >= 15 is 0 Å². The van der Waals surface area contributed by atoms with Gasteiger partial charge >= 0.3 is 12.0 Å². The van der Waals surface area contributed by atoms with E-state index in [4.69, 9.17) is 9.84 Å². The van der Waals surface area contributed by atoms with Crippen molar-refractivity contribution in [2.45, 2.75) is 13.3 Å². The Morgan fingerprint density at radius 2 is 2.14 bits per heavy atom. The SMILES string of the molecule is CCOC(=O)c1cc2cc(NC(=O)NCCCO)ccc2s1. The van der Waals surface area contributed by atoms with Gasteiger partial charge in [-0.1, -0.05) is 0 Å². The highest BCUT2D eigenvalue weighted by molar-refractivity contribution is 7.20. The molecule has 3 N–H and O–H groups in total. The molecule has 0 saturated heterocycles. The molecule has 7 heteroatoms. The van der Waals surface area contributed by atoms with Crippen molar-refractivity contribution in [1.29, 1.82) is 0 Å². The van der Waals surface area contributed by atoms with E-state index in [1.165, 1.54) is 11.3 Å². The first kappa shape index (κ1) is 16.3. The summed E-state index contributed by atoms with van der Waals surface area (Å²) in [5.41, 5.74) is 0.641. The molecular formula is C15H18N2O4S. The van der Waals surface area contributed by atoms with Crippen LogP contribution in [-0.4, -0.2) is 36.9 Å². The zero-order valence-electron chi connectivity index (χ0n) is 12.2. The zero-order valence-corrected chi connectivity index (χ0v) is 13.0. The summed E-state index contributed by atoms with van der Waals surface area (Å²) in [6.07, 6.45) is 0.514. The third-order valence-corrected chi connectivity index (χ3v) is 3.97. The first-order valence-electron chi connectivity index (χ1n) is 7.00. The summed E-state index contributed by atoms with van der Waals surface area (Å²) in [5.74, 6) is -0.333. The topological polar surface area (TPSA) is 87.7 Å². The second-order valence-electron chi connectivity index (χ2n) is 4.54. The maximum Gasteiger partial charge on any atom is 0.348 e. The number of ether oxygens (including phenoxy) is 1. The normalized spacial score (nSPS) is 10.5. The predicted molar refractivity (Wildman–Crippen MR) is 86.5 cm³/mol. The molecular weight excluding hydrogens is 304 g/mol. The molecule has 6 nitrogen and oxygen atoms in total. The number of anilines is 1. The average molecular weight is 322 g/mol. The molecule has 2 aromatic rings. The number of amides is 2. The lowest BCUT2D eigenvalue weighted by Crippen LogP contribution is -2.29. The van der Waals surface area contributed by atoms with E-state index in [0.29, 0.717) is 30.1 Å². The molecule has 0 radical (unpaired) electrons. The van der Waals surface area contributed by atoms with Gasteiger partial charge in [-0.15, -0.1) is 11.3 Å². The summed E-state index contributed by atoms with van der Waals surface area (Å²) in [6.45, 7) is 2.56. The monoisotopic (exact) mass is 322 g/mol. The number of hydrogen-bond acceptors (Lipinski definition) is 5. The van der Waals surface area contributed by atoms with E-state index in [1.807, 2.05) is 6.07 Å². The van der Waals surface area contributed by atoms with Gasteiger partial charge in [0.15, 0.2) is 0 Å². The van der Waals surface area contributed by atoms with Gasteiger partial charge in [0.05, 0.1) is 6.61 Å². The van der Waals surface area contributed by atoms with Gasteiger partial charge in [-0.2, -0.15) is 0 Å². The Kier molecular flexibility index (Phi) is 5.74. The molecule has 0 fully saturated rings. The number of nitrogens with one attached hydrogen (secondary N) is 2. The van der Waals surface area contributed by atoms with Gasteiger partial charge in [0.1, 0.15) is 4.88 Å². The maximum atomic E-state index is 11.7. The van der Waals surface area contributed by atoms with Crippen LogP contribution in [0.2, 0.25) is 0 Å². The van der Waals surface area contributed by atoms with Gasteiger partial charge < -0.3 is 20.5 Å². The molecule has 0 bridgehead atoms. The minimum atomic E-state index is -0.333. The van der Waals surface area contributed by atoms with E-state index in [-0.39, 0.29) is 18.6 Å². The van der Waals surface area contributed by atoms with Crippen LogP contribution in [0.5, 0.6) is 0 Å². The van der Waals surface area contributed by atoms with Gasteiger partial charge in [0, 0.05) is 23.5 Å². The molecule has 0 saturated carbocycles. The van der Waals surface area contributed by atoms with Gasteiger partial charge in [-0.25, -0.2) is 9.59 Å². The molecule has 0 aliphatic rings. The largest absolute Gasteiger partial charge is 0.462 e. The van der Waals surface area contributed by atoms with Crippen LogP contribution in [0, 0.1) is 0 Å². The molecule has 0 atom stereocenters. The smallest absolute Gasteiger partial charge is 0.348 e. The molecule has 1 aromatic heterocycles. The fourth-order valence-corrected chi connectivity index (χ4v) is 2.82. The minimum Gasteiger partial charge on any atom is -0.462 e. The number of benzene rings is 1. The Morgan fingerprint density at radius 1 is 1.32 bits per heavy atom. The molecule has 22 heavy (non-hydrogen) atoms. The lowest BCUT2D eigenvalue weighted by molar-refractivity contribution is 0.0532. The van der Waals surface area contributed by atoms with Crippen molar-refractivity contribution in [3.8, 4) is 0 Å². The number of carbonyl (C=O) groups excluding carboxylic acids is 2. The molecule has 0 aliphatic heterocycles. The number of hydrogen-bond donors (Lipinski definition) is 3. The summed E-state index contributed by atoms with van der Waals surface area (Å²) >= 11 is 1.36. The number of aliphatic hydroxyl groups excluding tert-OH is 1. The van der Waals surface area contributed by atoms with Gasteiger partial charge in [0.25, 0.3) is 0 Å². The minimum absolute atomic E-state index is 0.0395. The molecule has 0 aliphatic carbocycles. The zero-order chi connectivity index (χ0) is 15.9. The summed E-state index contributed by atoms with van der Waals surface area (Å²) in [5, 5.41) is 14.9. The summed E-state index contributed by atoms with van der Waals surface area (Å²) < 4.78 is 5.93. The van der Waals surface area contributed by atoms with Crippen LogP contribution in [0.25, 0.3) is 10.1 Å². The number of carbonyl (C=O) groups is 2. The second kappa shape index (κ2) is 7.77. The number of fused-ring (bicyclic) bond motifs is 1. The van der Waals surface area contributed by atoms with Gasteiger partial charge in [0.2, 0.25) is 0 Å². The van der Waals surface area contributed by atoms with E-state index in [9.17, 15) is 9.59 Å². The lowest BCUT2D eigenvalue weighted by atomic mass is 10.2. The highest BCUT2D eigenvalue weighted by atomic mass is 32.1. The number of esters is 1. The van der Waals surface area contributed by atoms with E-state index < -0.39 is 0 Å². The van der Waals surface area contributed by atoms with Crippen LogP contribution in [0.15, 0.2) is 24.3 Å². The molecule has 2 rings (SSSR count). The van der Waals surface area contributed by atoms with E-state index in [2.05, 4.69) is 10.6 Å². The fraction of sp³-hybridized carbons (Fsp3) is 0.333. The maximum absolute atomic E-state index is 11.7. The van der Waals surface area contributed by atoms with Crippen molar-refractivity contribution >= 4 is 39.1 Å². The highest BCUT2D eigenvalue weighted by Gasteiger charge is 2.11. The van der Waals surface area contributed by atoms with Gasteiger partial charge in [-0.3, -0.25) is 0 Å². The lowest BCUT2D eigenvalue weighted by Gasteiger charge is -2.06. The predicted octanol–water partition coefficient (Wildman–Crippen LogP) is 2.58. The van der Waals surface area contributed by atoms with Crippen LogP contribution in [0.1, 0.15) is 23.0 Å². The molecule has 2 amide bonds. The molecule has 0 spiro atoms. The standard InChI is InChI=1S/C15H18N2O4S/c1-2-21-14(19)13-9-10-8-11(4-5-12(10)22-13)17-15(20)16-6-3-7-18/h4-5,8-9,18H,2-3,6-7H2,1H3,(H2,16,17,20). The first-order chi connectivity index (χ1) is 10.6. The fourth-order valence-electron chi connectivity index (χ4n) is 1.88. The van der Waals surface area contributed by atoms with Crippen molar-refractivity contribution in [1.82, 2.24) is 5.32 Å². The van der Waals surface area contributed by atoms with Crippen molar-refractivity contribution < 1.29 is 19.4 Å². The number of thiophene rings is 1. The van der Waals surface area contributed by atoms with Crippen LogP contribution in [0.3, 0.4) is 0 Å². The molecule has 1 aromatic carbocycles. The van der Waals surface area contributed by atoms with Crippen molar-refractivity contribution in [2.75, 3.05) is 25.1 Å². The van der Waals surface area contributed by atoms with Crippen LogP contribution in [-0.2, 0) is 4.74 Å². The van der Waals surface area contributed by atoms with Crippen molar-refractivity contribution in [3.63, 3.8) is 0 Å². The van der Waals surface area contributed by atoms with E-state index in [1.54, 1.807) is 25.1 Å². The Labute approximate surface area is 132 Å². The van der Waals surface area contributed by atoms with Gasteiger partial charge in [-0.05, 0) is 43.0 Å². The third kappa shape index (κ3) is 4.19. The quantitative estimate of drug-likeness (QED) is 0.563. The molecule has 0 unspecified atom stereocenters. The number of urea groups is 1. The molecule has 118 valence electrons. The first-order valence-corrected chi connectivity index (χ1v) is 7.82. The van der Waals surface area contributed by atoms with Crippen molar-refractivity contribution in [3.05, 3.63) is 29.1 Å². The Hall–Kier alpha value is -2.12. The third-order valence-electron chi connectivity index (χ3n) is 2.87. The Balaban J connectivity index is 2.06. The van der Waals surface area contributed by atoms with Crippen LogP contribution >= 0.6 is 11.3 Å². The Bertz CT molecular complexity index is 669. The molecule has 1 heterocycles. The van der Waals surface area contributed by atoms with E-state index in [0.717, 1.165) is 10.1 Å². The highest BCUT2D eigenvalue weighted by Crippen LogP contribution is 2.28. The van der Waals surface area contributed by atoms with Crippen molar-refractivity contribution in [2.24, 2.45) is 0 Å². The average Bonchev–Trinajstić information content (AvgIpc) is 2.91. The summed E-state index contributed by atoms with van der Waals surface area (Å²) in [6, 6.07) is 6.87. The van der Waals surface area contributed by atoms with Crippen LogP contribution in [0.4, 0.5) is 10.5 Å².